The first kappa shape index (κ1) is 22.2. The minimum absolute atomic E-state index is 0. The molecule has 0 aromatic heterocycles. The van der Waals surface area contributed by atoms with Crippen LogP contribution >= 0.6 is 0 Å². The Balaban J connectivity index is 0.00000156. The van der Waals surface area contributed by atoms with Crippen molar-refractivity contribution in [3.8, 4) is 0 Å². The molecule has 2 aliphatic carbocycles. The van der Waals surface area contributed by atoms with E-state index in [-0.39, 0.29) is 14.8 Å². The number of hydrogen-bond donors (Lipinski definition) is 0. The molecule has 3 heteroatoms. The quantitative estimate of drug-likeness (QED) is 0.653. The van der Waals surface area contributed by atoms with Crippen molar-refractivity contribution >= 4 is 6.08 Å². The number of rotatable bonds is 2. The molecule has 1 unspecified atom stereocenters. The summed E-state index contributed by atoms with van der Waals surface area (Å²) in [5, 5.41) is 0. The van der Waals surface area contributed by atoms with Gasteiger partial charge in [-0.1, -0.05) is 0 Å². The molecule has 1 aromatic rings. The van der Waals surface area contributed by atoms with Crippen LogP contribution in [-0.2, 0) is 23.2 Å². The van der Waals surface area contributed by atoms with Crippen molar-refractivity contribution in [3.05, 3.63) is 60.0 Å². The van der Waals surface area contributed by atoms with Crippen LogP contribution in [-0.4, -0.2) is 0 Å². The van der Waals surface area contributed by atoms with Crippen molar-refractivity contribution in [1.29, 1.82) is 0 Å². The molecule has 0 spiro atoms. The van der Waals surface area contributed by atoms with Gasteiger partial charge in [0, 0.05) is 0 Å². The Labute approximate surface area is 162 Å². The first-order valence-corrected chi connectivity index (χ1v) is 11.3. The van der Waals surface area contributed by atoms with Crippen LogP contribution in [0.4, 0.5) is 0 Å². The third-order valence-electron chi connectivity index (χ3n) is 6.19. The van der Waals surface area contributed by atoms with Gasteiger partial charge in [0.1, 0.15) is 0 Å². The molecular formula is C22H28F2Zr. The zero-order valence-corrected chi connectivity index (χ0v) is 19.0. The SMILES string of the molecule is CC1=Cc2c(C)ccc(C)c2[CH]1[Zr+2][C]1=C(C)C(C)=C(C)C1(C)C.[F-].[F-]. The second-order valence-corrected chi connectivity index (χ2v) is 11.2. The molecule has 0 saturated carbocycles. The van der Waals surface area contributed by atoms with Crippen molar-refractivity contribution in [3.63, 3.8) is 0 Å². The third-order valence-corrected chi connectivity index (χ3v) is 11.9. The first-order valence-electron chi connectivity index (χ1n) is 8.60. The van der Waals surface area contributed by atoms with Crippen LogP contribution in [0, 0.1) is 19.3 Å². The maximum Gasteiger partial charge on any atom is -1.00 e. The molecule has 0 saturated heterocycles. The fraction of sp³-hybridized carbons (Fsp3) is 0.455. The number of hydrogen-bond acceptors (Lipinski definition) is 0. The van der Waals surface area contributed by atoms with Crippen molar-refractivity contribution in [2.45, 2.75) is 59.0 Å². The maximum atomic E-state index is 2.47. The Kier molecular flexibility index (Phi) is 6.61. The van der Waals surface area contributed by atoms with E-state index >= 15 is 0 Å². The summed E-state index contributed by atoms with van der Waals surface area (Å²) in [4.78, 5) is 0. The molecule has 0 heterocycles. The van der Waals surface area contributed by atoms with E-state index in [1.54, 1.807) is 27.9 Å². The zero-order valence-electron chi connectivity index (χ0n) is 16.6. The molecule has 134 valence electrons. The summed E-state index contributed by atoms with van der Waals surface area (Å²) in [6.45, 7) is 18.8. The number of aryl methyl sites for hydroxylation is 2. The van der Waals surface area contributed by atoms with Gasteiger partial charge in [0.2, 0.25) is 0 Å². The monoisotopic (exact) mass is 420 g/mol. The van der Waals surface area contributed by atoms with Crippen molar-refractivity contribution < 1.29 is 32.6 Å². The maximum absolute atomic E-state index is 2.47. The molecule has 1 atom stereocenters. The van der Waals surface area contributed by atoms with E-state index in [1.165, 1.54) is 16.7 Å². The van der Waals surface area contributed by atoms with Crippen LogP contribution < -0.4 is 9.41 Å². The molecule has 3 rings (SSSR count). The fourth-order valence-electron chi connectivity index (χ4n) is 4.18. The van der Waals surface area contributed by atoms with Gasteiger partial charge in [-0.2, -0.15) is 0 Å². The Morgan fingerprint density at radius 2 is 1.40 bits per heavy atom. The number of fused-ring (bicyclic) bond motifs is 1. The number of allylic oxidation sites excluding steroid dienone is 5. The van der Waals surface area contributed by atoms with Crippen LogP contribution in [0.15, 0.2) is 37.7 Å². The summed E-state index contributed by atoms with van der Waals surface area (Å²) < 4.78 is 2.53. The molecule has 0 radical (unpaired) electrons. The van der Waals surface area contributed by atoms with Crippen molar-refractivity contribution in [1.82, 2.24) is 0 Å². The Hall–Kier alpha value is -0.817. The van der Waals surface area contributed by atoms with Crippen molar-refractivity contribution in [2.24, 2.45) is 5.41 Å². The average Bonchev–Trinajstić information content (AvgIpc) is 2.89. The molecule has 0 fully saturated rings. The van der Waals surface area contributed by atoms with E-state index in [0.29, 0.717) is 0 Å². The molecule has 0 bridgehead atoms. The molecule has 0 amide bonds. The van der Waals surface area contributed by atoms with Crippen LogP contribution in [0.25, 0.3) is 6.08 Å². The van der Waals surface area contributed by atoms with E-state index in [0.717, 1.165) is 3.63 Å². The van der Waals surface area contributed by atoms with E-state index < -0.39 is 23.2 Å². The predicted molar refractivity (Wildman–Crippen MR) is 97.2 cm³/mol. The molecule has 0 aliphatic heterocycles. The van der Waals surface area contributed by atoms with Crippen LogP contribution in [0.3, 0.4) is 0 Å². The normalized spacial score (nSPS) is 20.6. The average molecular weight is 422 g/mol. The van der Waals surface area contributed by atoms with Crippen LogP contribution in [0.5, 0.6) is 0 Å². The molecule has 0 nitrogen and oxygen atoms in total. The summed E-state index contributed by atoms with van der Waals surface area (Å²) in [5.41, 5.74) is 12.7. The Morgan fingerprint density at radius 1 is 0.840 bits per heavy atom. The second kappa shape index (κ2) is 7.43. The Morgan fingerprint density at radius 3 is 1.92 bits per heavy atom. The Bertz CT molecular complexity index is 794. The van der Waals surface area contributed by atoms with Gasteiger partial charge >= 0.3 is 154 Å². The van der Waals surface area contributed by atoms with Gasteiger partial charge in [-0.15, -0.1) is 0 Å². The van der Waals surface area contributed by atoms with E-state index in [1.807, 2.05) is 3.28 Å². The predicted octanol–water partition coefficient (Wildman–Crippen LogP) is 0.502. The molecule has 2 aliphatic rings. The van der Waals surface area contributed by atoms with Crippen molar-refractivity contribution in [2.75, 3.05) is 0 Å². The summed E-state index contributed by atoms with van der Waals surface area (Å²) in [7, 11) is 0. The van der Waals surface area contributed by atoms with Gasteiger partial charge < -0.3 is 9.41 Å². The number of benzene rings is 1. The van der Waals surface area contributed by atoms with Gasteiger partial charge in [0.05, 0.1) is 0 Å². The van der Waals surface area contributed by atoms with E-state index in [9.17, 15) is 0 Å². The van der Waals surface area contributed by atoms with E-state index in [2.05, 4.69) is 73.6 Å². The van der Waals surface area contributed by atoms with E-state index in [4.69, 9.17) is 0 Å². The minimum Gasteiger partial charge on any atom is -1.00 e. The summed E-state index contributed by atoms with van der Waals surface area (Å²) >= 11 is -0.719. The number of halogens is 2. The molecule has 25 heavy (non-hydrogen) atoms. The van der Waals surface area contributed by atoms with Gasteiger partial charge in [-0.25, -0.2) is 0 Å². The summed E-state index contributed by atoms with van der Waals surface area (Å²) in [6, 6.07) is 4.61. The van der Waals surface area contributed by atoms with Gasteiger partial charge in [0.25, 0.3) is 0 Å². The van der Waals surface area contributed by atoms with Crippen LogP contribution in [0.1, 0.15) is 67.4 Å². The molecular weight excluding hydrogens is 393 g/mol. The smallest absolute Gasteiger partial charge is 1.00 e. The summed E-state index contributed by atoms with van der Waals surface area (Å²) in [6.07, 6.45) is 2.47. The van der Waals surface area contributed by atoms with Gasteiger partial charge in [0.15, 0.2) is 0 Å². The van der Waals surface area contributed by atoms with Crippen LogP contribution in [0.2, 0.25) is 0 Å². The first-order chi connectivity index (χ1) is 10.7. The fourth-order valence-corrected chi connectivity index (χ4v) is 9.29. The third kappa shape index (κ3) is 3.30. The molecule has 0 N–H and O–H groups in total. The second-order valence-electron chi connectivity index (χ2n) is 7.87. The topological polar surface area (TPSA) is 0 Å². The minimum atomic E-state index is -0.719. The van der Waals surface area contributed by atoms with Gasteiger partial charge in [-0.3, -0.25) is 0 Å². The van der Waals surface area contributed by atoms with Gasteiger partial charge in [-0.05, 0) is 0 Å². The largest absolute Gasteiger partial charge is 1.00 e. The summed E-state index contributed by atoms with van der Waals surface area (Å²) in [5.74, 6) is 0. The zero-order chi connectivity index (χ0) is 17.1. The molecule has 1 aromatic carbocycles. The standard InChI is InChI=1S/C12H13.C10H15.2FH.Zr/c1-8-6-11-9(2)4-5-10(3)12(11)7-8;1-7-6-10(4,5)9(3)8(7)2;;;/h4-7H,1-3H3;1-5H3;2*1H;/q;;;;+2/p-2.